The Balaban J connectivity index is 1.88. The Bertz CT molecular complexity index is 1670. The van der Waals surface area contributed by atoms with Crippen molar-refractivity contribution in [3.05, 3.63) is 82.1 Å². The van der Waals surface area contributed by atoms with Crippen LogP contribution in [0.5, 0.6) is 17.2 Å². The van der Waals surface area contributed by atoms with Gasteiger partial charge in [0, 0.05) is 0 Å². The molecule has 0 radical (unpaired) electrons. The first-order valence-electron chi connectivity index (χ1n) is 12.1. The Hall–Kier alpha value is -3.65. The van der Waals surface area contributed by atoms with Gasteiger partial charge in [-0.3, -0.25) is 9.36 Å². The average molecular weight is 679 g/mol. The number of methoxy groups -OCH3 is 2. The van der Waals surface area contributed by atoms with Crippen molar-refractivity contribution in [3.63, 3.8) is 0 Å². The van der Waals surface area contributed by atoms with Crippen LogP contribution >= 0.6 is 33.9 Å². The van der Waals surface area contributed by atoms with E-state index in [0.29, 0.717) is 47.0 Å². The average Bonchev–Trinajstić information content (AvgIpc) is 3.20. The largest absolute Gasteiger partial charge is 0.497 e. The van der Waals surface area contributed by atoms with E-state index in [1.807, 2.05) is 34.7 Å². The van der Waals surface area contributed by atoms with Crippen molar-refractivity contribution in [2.45, 2.75) is 32.9 Å². The van der Waals surface area contributed by atoms with Crippen LogP contribution in [0.1, 0.15) is 37.9 Å². The summed E-state index contributed by atoms with van der Waals surface area (Å²) in [5, 5.41) is 8.98. The maximum absolute atomic E-state index is 13.9. The third-order valence-corrected chi connectivity index (χ3v) is 7.69. The number of esters is 1. The van der Waals surface area contributed by atoms with Gasteiger partial charge in [0.05, 0.1) is 45.7 Å². The summed E-state index contributed by atoms with van der Waals surface area (Å²) in [7, 11) is 3.01. The smallest absolute Gasteiger partial charge is 0.341 e. The number of hydrogen-bond donors (Lipinski definition) is 1. The molecule has 0 aliphatic carbocycles. The highest BCUT2D eigenvalue weighted by Gasteiger charge is 2.33. The molecule has 2 aromatic carbocycles. The summed E-state index contributed by atoms with van der Waals surface area (Å²) >= 11 is 3.22. The number of fused-ring (bicyclic) bond motifs is 1. The number of carbonyl (C=O) groups is 2. The molecule has 0 spiro atoms. The number of halogens is 1. The summed E-state index contributed by atoms with van der Waals surface area (Å²) in [4.78, 5) is 43.1. The Morgan fingerprint density at radius 3 is 2.48 bits per heavy atom. The third kappa shape index (κ3) is 6.07. The minimum Gasteiger partial charge on any atom is -0.497 e. The van der Waals surface area contributed by atoms with Crippen molar-refractivity contribution in [3.8, 4) is 17.2 Å². The highest BCUT2D eigenvalue weighted by Crippen LogP contribution is 2.35. The summed E-state index contributed by atoms with van der Waals surface area (Å²) in [5.74, 6) is -0.378. The van der Waals surface area contributed by atoms with Gasteiger partial charge in [0.1, 0.15) is 5.75 Å². The van der Waals surface area contributed by atoms with Gasteiger partial charge < -0.3 is 24.1 Å². The van der Waals surface area contributed by atoms with E-state index in [4.69, 9.17) is 24.1 Å². The maximum Gasteiger partial charge on any atom is 0.341 e. The lowest BCUT2D eigenvalue weighted by Gasteiger charge is -2.25. The molecule has 0 saturated carbocycles. The van der Waals surface area contributed by atoms with Crippen LogP contribution in [0.3, 0.4) is 0 Å². The van der Waals surface area contributed by atoms with Gasteiger partial charge in [0.2, 0.25) is 0 Å². The number of allylic oxidation sites excluding steroid dienone is 1. The molecule has 0 fully saturated rings. The van der Waals surface area contributed by atoms with Gasteiger partial charge in [-0.25, -0.2) is 14.6 Å². The van der Waals surface area contributed by atoms with Crippen molar-refractivity contribution in [2.75, 3.05) is 20.8 Å². The molecule has 0 saturated heterocycles. The number of benzene rings is 2. The van der Waals surface area contributed by atoms with Gasteiger partial charge in [-0.15, -0.1) is 0 Å². The van der Waals surface area contributed by atoms with Crippen molar-refractivity contribution in [1.29, 1.82) is 0 Å². The van der Waals surface area contributed by atoms with Crippen molar-refractivity contribution < 1.29 is 33.6 Å². The lowest BCUT2D eigenvalue weighted by molar-refractivity contribution is -0.143. The Morgan fingerprint density at radius 2 is 1.88 bits per heavy atom. The topological polar surface area (TPSA) is 126 Å². The summed E-state index contributed by atoms with van der Waals surface area (Å²) < 4.78 is 24.1. The zero-order valence-corrected chi connectivity index (χ0v) is 25.4. The maximum atomic E-state index is 13.9. The first kappa shape index (κ1) is 29.3. The van der Waals surface area contributed by atoms with Gasteiger partial charge in [-0.05, 0) is 84.8 Å². The van der Waals surface area contributed by atoms with Gasteiger partial charge in [0.25, 0.3) is 5.56 Å². The van der Waals surface area contributed by atoms with Crippen LogP contribution in [0.4, 0.5) is 0 Å². The lowest BCUT2D eigenvalue weighted by Crippen LogP contribution is -2.40. The van der Waals surface area contributed by atoms with E-state index in [9.17, 15) is 14.4 Å². The molecular formula is C28H27IN2O8S. The van der Waals surface area contributed by atoms with Crippen LogP contribution in [0.25, 0.3) is 6.08 Å². The number of hydrogen-bond acceptors (Lipinski definition) is 9. The molecule has 0 unspecified atom stereocenters. The fourth-order valence-corrected chi connectivity index (χ4v) is 6.04. The van der Waals surface area contributed by atoms with E-state index >= 15 is 0 Å². The second-order valence-electron chi connectivity index (χ2n) is 9.03. The predicted octanol–water partition coefficient (Wildman–Crippen LogP) is 3.27. The zero-order chi connectivity index (χ0) is 29.1. The minimum atomic E-state index is -1.11. The Labute approximate surface area is 247 Å². The summed E-state index contributed by atoms with van der Waals surface area (Å²) in [6.07, 6.45) is 1.35. The molecule has 1 aliphatic heterocycles. The van der Waals surface area contributed by atoms with Crippen LogP contribution in [-0.2, 0) is 14.3 Å². The monoisotopic (exact) mass is 678 g/mol. The van der Waals surface area contributed by atoms with Gasteiger partial charge >= 0.3 is 11.9 Å². The Morgan fingerprint density at radius 1 is 1.18 bits per heavy atom. The number of carboxylic acid groups (broad SMARTS) is 1. The number of nitrogens with zero attached hydrogens (tertiary/aromatic N) is 2. The molecule has 40 heavy (non-hydrogen) atoms. The highest BCUT2D eigenvalue weighted by atomic mass is 127. The fraction of sp³-hybridized carbons (Fsp3) is 0.286. The molecule has 10 nitrogen and oxygen atoms in total. The second kappa shape index (κ2) is 12.3. The molecule has 0 bridgehead atoms. The minimum absolute atomic E-state index is 0.286. The fourth-order valence-electron chi connectivity index (χ4n) is 4.21. The van der Waals surface area contributed by atoms with E-state index in [0.717, 1.165) is 0 Å². The van der Waals surface area contributed by atoms with Gasteiger partial charge in [0.15, 0.2) is 22.9 Å². The first-order valence-corrected chi connectivity index (χ1v) is 14.0. The van der Waals surface area contributed by atoms with Crippen LogP contribution in [0.2, 0.25) is 0 Å². The zero-order valence-electron chi connectivity index (χ0n) is 22.4. The quantitative estimate of drug-likeness (QED) is 0.270. The summed E-state index contributed by atoms with van der Waals surface area (Å²) in [5.41, 5.74) is 1.77. The van der Waals surface area contributed by atoms with Crippen LogP contribution in [0.15, 0.2) is 57.5 Å². The van der Waals surface area contributed by atoms with Crippen molar-refractivity contribution in [1.82, 2.24) is 4.57 Å². The number of carboxylic acids is 1. The Kier molecular flexibility index (Phi) is 8.98. The number of ether oxygens (including phenoxy) is 4. The number of rotatable bonds is 9. The molecule has 0 amide bonds. The van der Waals surface area contributed by atoms with Gasteiger partial charge in [-0.2, -0.15) is 0 Å². The van der Waals surface area contributed by atoms with E-state index in [1.165, 1.54) is 23.0 Å². The number of aliphatic carboxylic acids is 1. The SMILES string of the molecule is COc1ccc([C@@H]2C(C(=O)OC(C)C)=C(C)N=c3s/c(=C\c4cc(I)c(OCC(=O)O)c(OC)c4)c(=O)n32)cc1. The van der Waals surface area contributed by atoms with Crippen molar-refractivity contribution in [2.24, 2.45) is 4.99 Å². The molecule has 1 aromatic heterocycles. The normalized spacial score (nSPS) is 15.0. The molecule has 210 valence electrons. The molecule has 12 heteroatoms. The molecular weight excluding hydrogens is 651 g/mol. The molecule has 4 rings (SSSR count). The number of thiazole rings is 1. The standard InChI is InChI=1S/C28H27IN2O8S/c1-14(2)39-27(35)23-15(3)30-28-31(24(23)17-6-8-18(36-4)9-7-17)26(34)21(40-28)12-16-10-19(29)25(20(11-16)37-5)38-13-22(32)33/h6-12,14,24H,13H2,1-5H3,(H,32,33)/b21-12-/t24-/m1/s1. The molecule has 2 heterocycles. The van der Waals surface area contributed by atoms with E-state index in [-0.39, 0.29) is 17.2 Å². The lowest BCUT2D eigenvalue weighted by atomic mass is 9.96. The number of aromatic nitrogens is 1. The van der Waals surface area contributed by atoms with Crippen molar-refractivity contribution >= 4 is 51.9 Å². The molecule has 1 N–H and O–H groups in total. The summed E-state index contributed by atoms with van der Waals surface area (Å²) in [6.45, 7) is 4.74. The molecule has 3 aromatic rings. The first-order chi connectivity index (χ1) is 19.0. The van der Waals surface area contributed by atoms with E-state index in [2.05, 4.69) is 4.99 Å². The van der Waals surface area contributed by atoms with E-state index in [1.54, 1.807) is 58.2 Å². The third-order valence-electron chi connectivity index (χ3n) is 5.91. The predicted molar refractivity (Wildman–Crippen MR) is 157 cm³/mol. The molecule has 1 aliphatic rings. The highest BCUT2D eigenvalue weighted by molar-refractivity contribution is 14.1. The van der Waals surface area contributed by atoms with Gasteiger partial charge in [-0.1, -0.05) is 23.5 Å². The van der Waals surface area contributed by atoms with Crippen LogP contribution in [0, 0.1) is 3.57 Å². The van der Waals surface area contributed by atoms with Crippen LogP contribution in [-0.4, -0.2) is 48.5 Å². The van der Waals surface area contributed by atoms with E-state index < -0.39 is 24.6 Å². The number of carbonyl (C=O) groups excluding carboxylic acids is 1. The second-order valence-corrected chi connectivity index (χ2v) is 11.2. The summed E-state index contributed by atoms with van der Waals surface area (Å²) in [6, 6.07) is 9.83. The molecule has 1 atom stereocenters. The van der Waals surface area contributed by atoms with Crippen LogP contribution < -0.4 is 29.1 Å².